The smallest absolute Gasteiger partial charge is 0.297 e. The molecule has 2 N–H and O–H groups in total. The average Bonchev–Trinajstić information content (AvgIpc) is 2.84. The quantitative estimate of drug-likeness (QED) is 0.732. The predicted octanol–water partition coefficient (Wildman–Crippen LogP) is -0.235. The van der Waals surface area contributed by atoms with Gasteiger partial charge in [0, 0.05) is 12.6 Å². The third kappa shape index (κ3) is 1.58. The Morgan fingerprint density at radius 3 is 3.00 bits per heavy atom. The topological polar surface area (TPSA) is 91.6 Å². The van der Waals surface area contributed by atoms with Gasteiger partial charge in [-0.25, -0.2) is 4.98 Å². The van der Waals surface area contributed by atoms with Crippen LogP contribution in [0.3, 0.4) is 0 Å². The highest BCUT2D eigenvalue weighted by molar-refractivity contribution is 5.94. The molecule has 0 saturated heterocycles. The Hall–Kier alpha value is -2.18. The van der Waals surface area contributed by atoms with Crippen molar-refractivity contribution in [3.05, 3.63) is 24.4 Å². The van der Waals surface area contributed by atoms with E-state index in [4.69, 9.17) is 5.73 Å². The molecule has 2 aromatic heterocycles. The minimum atomic E-state index is -0.293. The van der Waals surface area contributed by atoms with E-state index in [1.165, 1.54) is 23.4 Å². The summed E-state index contributed by atoms with van der Waals surface area (Å²) in [7, 11) is 0. The molecule has 0 saturated carbocycles. The second kappa shape index (κ2) is 3.52. The van der Waals surface area contributed by atoms with Crippen LogP contribution >= 0.6 is 0 Å². The summed E-state index contributed by atoms with van der Waals surface area (Å²) < 4.78 is 2.67. The van der Waals surface area contributed by atoms with E-state index in [1.54, 1.807) is 0 Å². The van der Waals surface area contributed by atoms with Crippen molar-refractivity contribution in [2.75, 3.05) is 5.73 Å². The zero-order valence-electron chi connectivity index (χ0n) is 8.16. The number of aryl methyl sites for hydroxylation is 1. The van der Waals surface area contributed by atoms with Crippen molar-refractivity contribution < 1.29 is 4.79 Å². The van der Waals surface area contributed by atoms with Gasteiger partial charge in [0.1, 0.15) is 24.2 Å². The van der Waals surface area contributed by atoms with E-state index in [0.717, 1.165) is 4.68 Å². The normalized spacial score (nSPS) is 10.5. The van der Waals surface area contributed by atoms with Crippen LogP contribution < -0.4 is 5.73 Å². The molecule has 2 aromatic rings. The lowest BCUT2D eigenvalue weighted by Gasteiger charge is -2.01. The minimum absolute atomic E-state index is 0.293. The maximum atomic E-state index is 11.8. The van der Waals surface area contributed by atoms with Crippen LogP contribution in [-0.2, 0) is 6.54 Å². The number of anilines is 1. The molecule has 0 fully saturated rings. The van der Waals surface area contributed by atoms with Gasteiger partial charge >= 0.3 is 0 Å². The van der Waals surface area contributed by atoms with Crippen LogP contribution in [0.15, 0.2) is 18.7 Å². The molecule has 0 aliphatic heterocycles. The number of carbonyl (C=O) groups excluding carboxylic acids is 1. The summed E-state index contributed by atoms with van der Waals surface area (Å²) >= 11 is 0. The SMILES string of the molecule is CCn1nc(N)cc1C(=O)n1cncn1. The molecule has 0 amide bonds. The maximum Gasteiger partial charge on any atom is 0.297 e. The molecule has 0 aliphatic rings. The zero-order valence-corrected chi connectivity index (χ0v) is 8.16. The molecule has 0 unspecified atom stereocenters. The van der Waals surface area contributed by atoms with Gasteiger partial charge < -0.3 is 5.73 Å². The maximum absolute atomic E-state index is 11.8. The molecule has 0 aromatic carbocycles. The highest BCUT2D eigenvalue weighted by Gasteiger charge is 2.15. The summed E-state index contributed by atoms with van der Waals surface area (Å²) in [5.74, 6) is 0.0267. The summed E-state index contributed by atoms with van der Waals surface area (Å²) in [6, 6.07) is 1.52. The summed E-state index contributed by atoms with van der Waals surface area (Å²) in [5.41, 5.74) is 5.92. The Balaban J connectivity index is 2.41. The van der Waals surface area contributed by atoms with Crippen molar-refractivity contribution in [1.82, 2.24) is 24.5 Å². The average molecular weight is 206 g/mol. The molecule has 7 nitrogen and oxygen atoms in total. The first-order valence-electron chi connectivity index (χ1n) is 4.45. The summed E-state index contributed by atoms with van der Waals surface area (Å²) in [4.78, 5) is 15.5. The van der Waals surface area contributed by atoms with E-state index < -0.39 is 0 Å². The van der Waals surface area contributed by atoms with Crippen LogP contribution in [0.2, 0.25) is 0 Å². The highest BCUT2D eigenvalue weighted by Crippen LogP contribution is 2.07. The Bertz CT molecular complexity index is 471. The number of nitrogens with two attached hydrogens (primary N) is 1. The van der Waals surface area contributed by atoms with Gasteiger partial charge in [0.05, 0.1) is 0 Å². The first kappa shape index (κ1) is 9.38. The molecule has 0 spiro atoms. The van der Waals surface area contributed by atoms with Crippen LogP contribution in [0.5, 0.6) is 0 Å². The molecule has 0 bridgehead atoms. The van der Waals surface area contributed by atoms with Gasteiger partial charge in [-0.15, -0.1) is 0 Å². The van der Waals surface area contributed by atoms with Crippen LogP contribution in [0.25, 0.3) is 0 Å². The van der Waals surface area contributed by atoms with Crippen molar-refractivity contribution in [2.45, 2.75) is 13.5 Å². The fourth-order valence-electron chi connectivity index (χ4n) is 1.28. The van der Waals surface area contributed by atoms with Crippen LogP contribution in [-0.4, -0.2) is 30.5 Å². The van der Waals surface area contributed by atoms with E-state index >= 15 is 0 Å². The first-order valence-corrected chi connectivity index (χ1v) is 4.45. The predicted molar refractivity (Wildman–Crippen MR) is 52.1 cm³/mol. The number of carbonyl (C=O) groups is 1. The number of hydrogen-bond acceptors (Lipinski definition) is 5. The van der Waals surface area contributed by atoms with Gasteiger partial charge in [-0.2, -0.15) is 14.9 Å². The largest absolute Gasteiger partial charge is 0.382 e. The lowest BCUT2D eigenvalue weighted by atomic mass is 10.4. The fourth-order valence-corrected chi connectivity index (χ4v) is 1.28. The number of hydrogen-bond donors (Lipinski definition) is 1. The van der Waals surface area contributed by atoms with Gasteiger partial charge in [-0.05, 0) is 6.92 Å². The highest BCUT2D eigenvalue weighted by atomic mass is 16.2. The van der Waals surface area contributed by atoms with Gasteiger partial charge in [0.15, 0.2) is 0 Å². The lowest BCUT2D eigenvalue weighted by molar-refractivity contribution is 0.0934. The minimum Gasteiger partial charge on any atom is -0.382 e. The second-order valence-electron chi connectivity index (χ2n) is 2.92. The number of rotatable bonds is 2. The summed E-state index contributed by atoms with van der Waals surface area (Å²) in [6.45, 7) is 2.46. The van der Waals surface area contributed by atoms with E-state index in [9.17, 15) is 4.79 Å². The Morgan fingerprint density at radius 2 is 2.40 bits per heavy atom. The van der Waals surface area contributed by atoms with Gasteiger partial charge in [0.25, 0.3) is 5.91 Å². The number of nitrogen functional groups attached to an aromatic ring is 1. The molecular weight excluding hydrogens is 196 g/mol. The Labute approximate surface area is 85.5 Å². The second-order valence-corrected chi connectivity index (χ2v) is 2.92. The standard InChI is InChI=1S/C8H10N6O/c1-2-13-6(3-7(9)12-13)8(15)14-5-10-4-11-14/h3-5H,2H2,1H3,(H2,9,12). The molecule has 7 heteroatoms. The van der Waals surface area contributed by atoms with Gasteiger partial charge in [-0.3, -0.25) is 9.48 Å². The monoisotopic (exact) mass is 206 g/mol. The molecule has 2 heterocycles. The first-order chi connectivity index (χ1) is 7.22. The van der Waals surface area contributed by atoms with Crippen molar-refractivity contribution >= 4 is 11.7 Å². The molecule has 78 valence electrons. The molecule has 15 heavy (non-hydrogen) atoms. The van der Waals surface area contributed by atoms with E-state index in [0.29, 0.717) is 18.1 Å². The van der Waals surface area contributed by atoms with E-state index in [-0.39, 0.29) is 5.91 Å². The van der Waals surface area contributed by atoms with Crippen LogP contribution in [0, 0.1) is 0 Å². The molecule has 0 atom stereocenters. The van der Waals surface area contributed by atoms with Crippen LogP contribution in [0.1, 0.15) is 17.4 Å². The van der Waals surface area contributed by atoms with Crippen molar-refractivity contribution in [3.63, 3.8) is 0 Å². The van der Waals surface area contributed by atoms with E-state index in [2.05, 4.69) is 15.2 Å². The Kier molecular flexibility index (Phi) is 2.20. The molecule has 0 radical (unpaired) electrons. The Morgan fingerprint density at radius 1 is 1.60 bits per heavy atom. The van der Waals surface area contributed by atoms with Gasteiger partial charge in [-0.1, -0.05) is 0 Å². The van der Waals surface area contributed by atoms with Crippen molar-refractivity contribution in [2.24, 2.45) is 0 Å². The number of nitrogens with zero attached hydrogens (tertiary/aromatic N) is 5. The fraction of sp³-hybridized carbons (Fsp3) is 0.250. The summed E-state index contributed by atoms with van der Waals surface area (Å²) in [5, 5.41) is 7.72. The molecule has 2 rings (SSSR count). The number of aromatic nitrogens is 5. The van der Waals surface area contributed by atoms with Gasteiger partial charge in [0.2, 0.25) is 0 Å². The van der Waals surface area contributed by atoms with Crippen molar-refractivity contribution in [1.29, 1.82) is 0 Å². The van der Waals surface area contributed by atoms with Crippen LogP contribution in [0.4, 0.5) is 5.82 Å². The van der Waals surface area contributed by atoms with E-state index in [1.807, 2.05) is 6.92 Å². The summed E-state index contributed by atoms with van der Waals surface area (Å²) in [6.07, 6.45) is 2.64. The molecular formula is C8H10N6O. The third-order valence-corrected chi connectivity index (χ3v) is 1.94. The third-order valence-electron chi connectivity index (χ3n) is 1.94. The van der Waals surface area contributed by atoms with Crippen molar-refractivity contribution in [3.8, 4) is 0 Å². The zero-order chi connectivity index (χ0) is 10.8. The lowest BCUT2D eigenvalue weighted by Crippen LogP contribution is -2.17. The molecule has 0 aliphatic carbocycles.